The molecular formula is C16H18N2O3. The number of hydrogen-bond donors (Lipinski definition) is 1. The third-order valence-electron chi connectivity index (χ3n) is 4.11. The first kappa shape index (κ1) is 13.7. The smallest absolute Gasteiger partial charge is 0.271 e. The number of nitrogens with zero attached hydrogens (tertiary/aromatic N) is 1. The highest BCUT2D eigenvalue weighted by atomic mass is 16.5. The van der Waals surface area contributed by atoms with Gasteiger partial charge in [0.05, 0.1) is 14.2 Å². The Morgan fingerprint density at radius 1 is 1.29 bits per heavy atom. The molecule has 5 heteroatoms. The highest BCUT2D eigenvalue weighted by Gasteiger charge is 2.38. The molecule has 2 aliphatic rings. The number of carbonyl (C=O) groups is 1. The van der Waals surface area contributed by atoms with E-state index < -0.39 is 0 Å². The van der Waals surface area contributed by atoms with Gasteiger partial charge < -0.3 is 9.47 Å². The van der Waals surface area contributed by atoms with Crippen LogP contribution in [0.1, 0.15) is 23.2 Å². The molecule has 0 saturated heterocycles. The number of allylic oxidation sites excluding steroid dienone is 2. The number of rotatable bonds is 4. The Morgan fingerprint density at radius 2 is 2.10 bits per heavy atom. The molecule has 2 aliphatic carbocycles. The van der Waals surface area contributed by atoms with Crippen molar-refractivity contribution in [1.29, 1.82) is 0 Å². The number of amides is 1. The monoisotopic (exact) mass is 286 g/mol. The molecule has 1 aromatic rings. The molecule has 1 aromatic carbocycles. The van der Waals surface area contributed by atoms with Gasteiger partial charge in [-0.1, -0.05) is 12.2 Å². The van der Waals surface area contributed by atoms with Gasteiger partial charge in [0.15, 0.2) is 11.5 Å². The number of hydrazone groups is 1. The van der Waals surface area contributed by atoms with Crippen LogP contribution in [0.4, 0.5) is 0 Å². The third-order valence-corrected chi connectivity index (χ3v) is 4.11. The van der Waals surface area contributed by atoms with Crippen molar-refractivity contribution in [3.8, 4) is 11.5 Å². The van der Waals surface area contributed by atoms with E-state index in [-0.39, 0.29) is 5.91 Å². The Hall–Kier alpha value is -2.30. The summed E-state index contributed by atoms with van der Waals surface area (Å²) >= 11 is 0. The summed E-state index contributed by atoms with van der Waals surface area (Å²) in [4.78, 5) is 12.1. The van der Waals surface area contributed by atoms with E-state index in [1.165, 1.54) is 0 Å². The molecule has 0 bridgehead atoms. The van der Waals surface area contributed by atoms with Gasteiger partial charge in [0, 0.05) is 17.2 Å². The van der Waals surface area contributed by atoms with Gasteiger partial charge in [-0.3, -0.25) is 4.79 Å². The maximum Gasteiger partial charge on any atom is 0.271 e. The van der Waals surface area contributed by atoms with Crippen molar-refractivity contribution in [3.63, 3.8) is 0 Å². The molecule has 1 N–H and O–H groups in total. The molecule has 1 fully saturated rings. The van der Waals surface area contributed by atoms with E-state index in [2.05, 4.69) is 22.7 Å². The molecule has 3 rings (SSSR count). The fourth-order valence-corrected chi connectivity index (χ4v) is 2.83. The largest absolute Gasteiger partial charge is 0.493 e. The van der Waals surface area contributed by atoms with E-state index in [1.807, 2.05) is 0 Å². The van der Waals surface area contributed by atoms with E-state index in [4.69, 9.17) is 9.47 Å². The fraction of sp³-hybridized carbons (Fsp3) is 0.375. The van der Waals surface area contributed by atoms with Crippen LogP contribution in [0.3, 0.4) is 0 Å². The van der Waals surface area contributed by atoms with E-state index in [0.29, 0.717) is 28.9 Å². The highest BCUT2D eigenvalue weighted by Crippen LogP contribution is 2.40. The van der Waals surface area contributed by atoms with Gasteiger partial charge in [0.25, 0.3) is 5.91 Å². The second-order valence-electron chi connectivity index (χ2n) is 5.25. The van der Waals surface area contributed by atoms with Crippen molar-refractivity contribution in [3.05, 3.63) is 35.9 Å². The molecular weight excluding hydrogens is 268 g/mol. The van der Waals surface area contributed by atoms with Crippen LogP contribution in [0.25, 0.3) is 0 Å². The van der Waals surface area contributed by atoms with Crippen LogP contribution < -0.4 is 14.9 Å². The number of carbonyl (C=O) groups excluding carboxylic acids is 1. The first-order chi connectivity index (χ1) is 10.2. The normalized spacial score (nSPS) is 24.4. The average Bonchev–Trinajstić information content (AvgIpc) is 2.87. The van der Waals surface area contributed by atoms with Crippen molar-refractivity contribution in [2.24, 2.45) is 16.9 Å². The average molecular weight is 286 g/mol. The lowest BCUT2D eigenvalue weighted by Crippen LogP contribution is -2.35. The molecule has 0 aliphatic heterocycles. The number of fused-ring (bicyclic) bond motifs is 1. The first-order valence-electron chi connectivity index (χ1n) is 6.98. The molecule has 0 heterocycles. The highest BCUT2D eigenvalue weighted by molar-refractivity contribution is 5.98. The summed E-state index contributed by atoms with van der Waals surface area (Å²) in [5.74, 6) is 2.01. The maximum atomic E-state index is 12.1. The standard InChI is InChI=1S/C16H18N2O3/c1-20-14-7-6-11(9-15(14)21-2)16(19)18-17-13-8-10-4-3-5-12(10)13/h3-4,6-7,9-10,12H,5,8H2,1-2H3,(H,18,19)/b17-13-/t10-,12+/m1/s1. The summed E-state index contributed by atoms with van der Waals surface area (Å²) in [6.07, 6.45) is 6.41. The van der Waals surface area contributed by atoms with Crippen LogP contribution in [-0.4, -0.2) is 25.8 Å². The molecule has 0 radical (unpaired) electrons. The predicted molar refractivity (Wildman–Crippen MR) is 79.8 cm³/mol. The summed E-state index contributed by atoms with van der Waals surface area (Å²) in [5, 5.41) is 4.25. The van der Waals surface area contributed by atoms with E-state index in [1.54, 1.807) is 32.4 Å². The van der Waals surface area contributed by atoms with Crippen molar-refractivity contribution >= 4 is 11.6 Å². The number of nitrogens with one attached hydrogen (secondary N) is 1. The molecule has 110 valence electrons. The molecule has 1 saturated carbocycles. The molecule has 0 spiro atoms. The fourth-order valence-electron chi connectivity index (χ4n) is 2.83. The minimum absolute atomic E-state index is 0.238. The van der Waals surface area contributed by atoms with E-state index in [9.17, 15) is 4.79 Å². The Bertz CT molecular complexity index is 622. The summed E-state index contributed by atoms with van der Waals surface area (Å²) in [6.45, 7) is 0. The molecule has 0 unspecified atom stereocenters. The van der Waals surface area contributed by atoms with Crippen LogP contribution >= 0.6 is 0 Å². The third kappa shape index (κ3) is 2.51. The van der Waals surface area contributed by atoms with Crippen molar-refractivity contribution in [2.45, 2.75) is 12.8 Å². The number of methoxy groups -OCH3 is 2. The second kappa shape index (κ2) is 5.60. The Labute approximate surface area is 123 Å². The quantitative estimate of drug-likeness (QED) is 0.683. The molecule has 5 nitrogen and oxygen atoms in total. The Morgan fingerprint density at radius 3 is 2.81 bits per heavy atom. The van der Waals surface area contributed by atoms with Crippen LogP contribution in [0.15, 0.2) is 35.5 Å². The predicted octanol–water partition coefficient (Wildman–Crippen LogP) is 2.39. The first-order valence-corrected chi connectivity index (χ1v) is 6.98. The second-order valence-corrected chi connectivity index (χ2v) is 5.25. The lowest BCUT2D eigenvalue weighted by Gasteiger charge is -2.31. The van der Waals surface area contributed by atoms with Gasteiger partial charge >= 0.3 is 0 Å². The van der Waals surface area contributed by atoms with Crippen molar-refractivity contribution in [2.75, 3.05) is 14.2 Å². The summed E-state index contributed by atoms with van der Waals surface area (Å²) in [6, 6.07) is 5.05. The van der Waals surface area contributed by atoms with Gasteiger partial charge in [0.1, 0.15) is 0 Å². The zero-order valence-electron chi connectivity index (χ0n) is 12.1. The Balaban J connectivity index is 1.67. The lowest BCUT2D eigenvalue weighted by molar-refractivity contribution is 0.0953. The van der Waals surface area contributed by atoms with Crippen LogP contribution in [0.2, 0.25) is 0 Å². The van der Waals surface area contributed by atoms with Gasteiger partial charge in [-0.15, -0.1) is 0 Å². The molecule has 0 aromatic heterocycles. The van der Waals surface area contributed by atoms with E-state index >= 15 is 0 Å². The Kier molecular flexibility index (Phi) is 3.64. The SMILES string of the molecule is COc1ccc(C(=O)N/N=C2/C[C@H]3C=CC[C@H]23)cc1OC. The van der Waals surface area contributed by atoms with Gasteiger partial charge in [0.2, 0.25) is 0 Å². The van der Waals surface area contributed by atoms with E-state index in [0.717, 1.165) is 18.6 Å². The van der Waals surface area contributed by atoms with Gasteiger partial charge in [-0.2, -0.15) is 5.10 Å². The summed E-state index contributed by atoms with van der Waals surface area (Å²) < 4.78 is 10.3. The zero-order chi connectivity index (χ0) is 14.8. The van der Waals surface area contributed by atoms with Crippen molar-refractivity contribution in [1.82, 2.24) is 5.43 Å². The summed E-state index contributed by atoms with van der Waals surface area (Å²) in [5.41, 5.74) is 4.21. The molecule has 1 amide bonds. The lowest BCUT2D eigenvalue weighted by atomic mass is 9.74. The minimum Gasteiger partial charge on any atom is -0.493 e. The minimum atomic E-state index is -0.238. The topological polar surface area (TPSA) is 59.9 Å². The van der Waals surface area contributed by atoms with Crippen molar-refractivity contribution < 1.29 is 14.3 Å². The van der Waals surface area contributed by atoms with Crippen LogP contribution in [0.5, 0.6) is 11.5 Å². The maximum absolute atomic E-state index is 12.1. The van der Waals surface area contributed by atoms with Gasteiger partial charge in [-0.25, -0.2) is 5.43 Å². The molecule has 2 atom stereocenters. The van der Waals surface area contributed by atoms with Crippen LogP contribution in [-0.2, 0) is 0 Å². The van der Waals surface area contributed by atoms with Crippen LogP contribution in [0, 0.1) is 11.8 Å². The van der Waals surface area contributed by atoms with Gasteiger partial charge in [-0.05, 0) is 37.0 Å². The number of ether oxygens (including phenoxy) is 2. The summed E-state index contributed by atoms with van der Waals surface area (Å²) in [7, 11) is 3.10. The molecule has 21 heavy (non-hydrogen) atoms. The zero-order valence-corrected chi connectivity index (χ0v) is 12.1. The number of hydrogen-bond acceptors (Lipinski definition) is 4. The number of benzene rings is 1.